The van der Waals surface area contributed by atoms with Crippen molar-refractivity contribution in [3.8, 4) is 23.1 Å². The molecule has 2 aliphatic heterocycles. The molecule has 0 aliphatic carbocycles. The number of nitriles is 1. The Bertz CT molecular complexity index is 1310. The molecule has 0 radical (unpaired) electrons. The first-order chi connectivity index (χ1) is 14.4. The summed E-state index contributed by atoms with van der Waals surface area (Å²) < 4.78 is 3.23. The lowest BCUT2D eigenvalue weighted by molar-refractivity contribution is 0.771. The van der Waals surface area contributed by atoms with E-state index in [1.54, 1.807) is 12.5 Å². The molecule has 0 saturated heterocycles. The van der Waals surface area contributed by atoms with Gasteiger partial charge in [0.25, 0.3) is 0 Å². The second-order valence-corrected chi connectivity index (χ2v) is 6.61. The van der Waals surface area contributed by atoms with E-state index in [2.05, 4.69) is 21.5 Å². The van der Waals surface area contributed by atoms with Gasteiger partial charge in [-0.05, 0) is 17.3 Å². The maximum Gasteiger partial charge on any atom is 0.210 e. The smallest absolute Gasteiger partial charge is 0.210 e. The van der Waals surface area contributed by atoms with Gasteiger partial charge in [0.1, 0.15) is 18.7 Å². The number of hydrogen-bond donors (Lipinski definition) is 0. The van der Waals surface area contributed by atoms with Crippen molar-refractivity contribution >= 4 is 17.5 Å². The van der Waals surface area contributed by atoms with E-state index in [1.165, 1.54) is 4.68 Å². The number of rotatable bonds is 2. The predicted octanol–water partition coefficient (Wildman–Crippen LogP) is 2.42. The molecule has 2 aromatic carbocycles. The third-order valence-electron chi connectivity index (χ3n) is 5.07. The molecule has 0 saturated carbocycles. The van der Waals surface area contributed by atoms with Crippen molar-refractivity contribution in [1.82, 2.24) is 24.5 Å². The Kier molecular flexibility index (Phi) is 3.10. The van der Waals surface area contributed by atoms with Gasteiger partial charge in [-0.2, -0.15) is 5.26 Å². The van der Waals surface area contributed by atoms with E-state index in [0.717, 1.165) is 28.5 Å². The summed E-state index contributed by atoms with van der Waals surface area (Å²) in [6.07, 6.45) is 5.66. The number of imidazole rings is 1. The average molecular weight is 379 g/mol. The second-order valence-electron chi connectivity index (χ2n) is 6.61. The van der Waals surface area contributed by atoms with Crippen molar-refractivity contribution in [3.63, 3.8) is 0 Å². The quantitative estimate of drug-likeness (QED) is 0.531. The number of nitrogens with zero attached hydrogens (tertiary/aromatic N) is 9. The van der Waals surface area contributed by atoms with Crippen LogP contribution in [-0.4, -0.2) is 37.0 Å². The van der Waals surface area contributed by atoms with Crippen molar-refractivity contribution in [2.24, 2.45) is 4.99 Å². The first-order valence-corrected chi connectivity index (χ1v) is 9.02. The molecule has 2 aromatic heterocycles. The van der Waals surface area contributed by atoms with E-state index < -0.39 is 0 Å². The molecule has 0 N–H and O–H groups in total. The zero-order valence-electron chi connectivity index (χ0n) is 15.1. The summed E-state index contributed by atoms with van der Waals surface area (Å²) in [6.45, 7) is 0.337. The summed E-state index contributed by atoms with van der Waals surface area (Å²) in [4.78, 5) is 9.11. The van der Waals surface area contributed by atoms with Crippen LogP contribution in [-0.2, 0) is 0 Å². The highest BCUT2D eigenvalue weighted by Gasteiger charge is 2.39. The molecule has 6 rings (SSSR count). The number of aromatic nitrogens is 5. The molecule has 0 amide bonds. The molecule has 0 unspecified atom stereocenters. The summed E-state index contributed by atoms with van der Waals surface area (Å²) in [7, 11) is 0. The minimum absolute atomic E-state index is 0.337. The van der Waals surface area contributed by atoms with Crippen LogP contribution in [0.25, 0.3) is 16.9 Å². The Morgan fingerprint density at radius 3 is 2.69 bits per heavy atom. The van der Waals surface area contributed by atoms with Crippen molar-refractivity contribution < 1.29 is 0 Å². The first kappa shape index (κ1) is 15.6. The Hall–Kier alpha value is -4.45. The topological polar surface area (TPSA) is 91.2 Å². The zero-order valence-corrected chi connectivity index (χ0v) is 15.1. The molecular formula is C20H13N9. The zero-order chi connectivity index (χ0) is 19.4. The fourth-order valence-corrected chi connectivity index (χ4v) is 3.83. The van der Waals surface area contributed by atoms with E-state index in [0.29, 0.717) is 18.2 Å². The molecule has 4 heterocycles. The van der Waals surface area contributed by atoms with Gasteiger partial charge < -0.3 is 0 Å². The molecule has 0 atom stereocenters. The van der Waals surface area contributed by atoms with E-state index in [4.69, 9.17) is 4.99 Å². The van der Waals surface area contributed by atoms with Gasteiger partial charge in [0.2, 0.25) is 6.19 Å². The van der Waals surface area contributed by atoms with E-state index >= 15 is 0 Å². The largest absolute Gasteiger partial charge is 0.283 e. The van der Waals surface area contributed by atoms with E-state index in [9.17, 15) is 5.26 Å². The summed E-state index contributed by atoms with van der Waals surface area (Å²) in [5.41, 5.74) is 3.52. The number of benzene rings is 2. The van der Waals surface area contributed by atoms with Crippen LogP contribution in [0.15, 0.2) is 72.1 Å². The Balaban J connectivity index is 1.55. The molecule has 0 fully saturated rings. The highest BCUT2D eigenvalue weighted by atomic mass is 15.7. The third kappa shape index (κ3) is 2.08. The third-order valence-corrected chi connectivity index (χ3v) is 5.07. The fraction of sp³-hybridized carbons (Fsp3) is 0.0500. The van der Waals surface area contributed by atoms with Crippen LogP contribution in [0.4, 0.5) is 11.6 Å². The monoisotopic (exact) mass is 379 g/mol. The Labute approximate surface area is 165 Å². The van der Waals surface area contributed by atoms with Crippen LogP contribution in [0.1, 0.15) is 5.56 Å². The molecule has 9 heteroatoms. The van der Waals surface area contributed by atoms with Gasteiger partial charge in [-0.1, -0.05) is 42.5 Å². The lowest BCUT2D eigenvalue weighted by Gasteiger charge is -2.34. The summed E-state index contributed by atoms with van der Waals surface area (Å²) >= 11 is 0. The van der Waals surface area contributed by atoms with Gasteiger partial charge in [-0.3, -0.25) is 4.57 Å². The summed E-state index contributed by atoms with van der Waals surface area (Å²) in [6, 6.07) is 17.8. The first-order valence-electron chi connectivity index (χ1n) is 9.02. The summed E-state index contributed by atoms with van der Waals surface area (Å²) in [5, 5.41) is 21.9. The van der Waals surface area contributed by atoms with Gasteiger partial charge in [0, 0.05) is 11.1 Å². The fourth-order valence-electron chi connectivity index (χ4n) is 3.83. The second kappa shape index (κ2) is 5.77. The highest BCUT2D eigenvalue weighted by molar-refractivity contribution is 6.16. The van der Waals surface area contributed by atoms with E-state index in [-0.39, 0.29) is 0 Å². The number of aliphatic imine (C=N–C) groups is 1. The number of hydrogen-bond acceptors (Lipinski definition) is 7. The molecule has 0 bridgehead atoms. The number of hydrazine groups is 1. The molecule has 0 spiro atoms. The average Bonchev–Trinajstić information content (AvgIpc) is 3.51. The molecule has 2 aliphatic rings. The maximum absolute atomic E-state index is 9.66. The number of para-hydroxylation sites is 1. The van der Waals surface area contributed by atoms with Crippen LogP contribution in [0.5, 0.6) is 0 Å². The number of anilines is 2. The van der Waals surface area contributed by atoms with Crippen LogP contribution in [0.2, 0.25) is 0 Å². The predicted molar refractivity (Wildman–Crippen MR) is 106 cm³/mol. The lowest BCUT2D eigenvalue weighted by Crippen LogP contribution is -2.46. The minimum atomic E-state index is 0.337. The number of amidine groups is 1. The van der Waals surface area contributed by atoms with Crippen molar-refractivity contribution in [3.05, 3.63) is 72.7 Å². The Morgan fingerprint density at radius 1 is 1.00 bits per heavy atom. The van der Waals surface area contributed by atoms with Crippen LogP contribution < -0.4 is 10.0 Å². The van der Waals surface area contributed by atoms with Gasteiger partial charge in [-0.25, -0.2) is 20.0 Å². The standard InChI is InChI=1S/C20H13N9/c21-11-27-20(18(24-25-27)14-6-2-1-3-7-14)28-13-23-19-15-8-4-5-9-16(15)26-12-22-10-17(26)29(19)28/h1-10,12H,13H2. The minimum Gasteiger partial charge on any atom is -0.283 e. The summed E-state index contributed by atoms with van der Waals surface area (Å²) in [5.74, 6) is 2.20. The van der Waals surface area contributed by atoms with E-state index in [1.807, 2.05) is 69.2 Å². The molecule has 9 nitrogen and oxygen atoms in total. The van der Waals surface area contributed by atoms with Gasteiger partial charge in [0.05, 0.1) is 11.9 Å². The normalized spacial score (nSPS) is 14.1. The number of fused-ring (bicyclic) bond motifs is 6. The van der Waals surface area contributed by atoms with Gasteiger partial charge in [0.15, 0.2) is 17.5 Å². The molecule has 29 heavy (non-hydrogen) atoms. The van der Waals surface area contributed by atoms with Crippen LogP contribution in [0, 0.1) is 11.5 Å². The van der Waals surface area contributed by atoms with Crippen molar-refractivity contribution in [2.75, 3.05) is 16.7 Å². The SMILES string of the molecule is N#Cn1nnc(-c2ccccc2)c1N1CN=C2c3ccccc3-n3cncc3N21. The highest BCUT2D eigenvalue weighted by Crippen LogP contribution is 2.38. The van der Waals surface area contributed by atoms with Crippen molar-refractivity contribution in [2.45, 2.75) is 0 Å². The molecule has 4 aromatic rings. The van der Waals surface area contributed by atoms with Crippen molar-refractivity contribution in [1.29, 1.82) is 5.26 Å². The van der Waals surface area contributed by atoms with Gasteiger partial charge in [-0.15, -0.1) is 9.78 Å². The lowest BCUT2D eigenvalue weighted by atomic mass is 10.1. The maximum atomic E-state index is 9.66. The van der Waals surface area contributed by atoms with Crippen LogP contribution >= 0.6 is 0 Å². The van der Waals surface area contributed by atoms with Gasteiger partial charge >= 0.3 is 0 Å². The Morgan fingerprint density at radius 2 is 1.83 bits per heavy atom. The van der Waals surface area contributed by atoms with Crippen LogP contribution in [0.3, 0.4) is 0 Å². The molecular weight excluding hydrogens is 366 g/mol. The molecule has 138 valence electrons.